The number of aromatic nitrogens is 2. The van der Waals surface area contributed by atoms with E-state index in [0.29, 0.717) is 28.2 Å². The minimum Gasteiger partial charge on any atom is -0.486 e. The van der Waals surface area contributed by atoms with Gasteiger partial charge in [-0.3, -0.25) is 10.1 Å². The molecule has 1 N–H and O–H groups in total. The van der Waals surface area contributed by atoms with E-state index in [-0.39, 0.29) is 5.91 Å². The van der Waals surface area contributed by atoms with Gasteiger partial charge in [-0.1, -0.05) is 53.2 Å². The Labute approximate surface area is 170 Å². The number of rotatable bonds is 6. The van der Waals surface area contributed by atoms with Gasteiger partial charge in [0.1, 0.15) is 12.4 Å². The second-order valence-corrected chi connectivity index (χ2v) is 8.42. The zero-order valence-corrected chi connectivity index (χ0v) is 17.7. The van der Waals surface area contributed by atoms with Crippen molar-refractivity contribution < 1.29 is 9.53 Å². The Morgan fingerprint density at radius 3 is 2.63 bits per heavy atom. The molecule has 0 saturated carbocycles. The molecule has 0 unspecified atom stereocenters. The largest absolute Gasteiger partial charge is 0.486 e. The lowest BCUT2D eigenvalue weighted by atomic mass is 10.0. The SMILES string of the molecule is Cc1ccc(C(C)C)c(OCc2nnc(NC(=O)c3ccc(Br)cc3)s2)c1. The van der Waals surface area contributed by atoms with E-state index in [9.17, 15) is 4.79 Å². The van der Waals surface area contributed by atoms with Crippen LogP contribution in [0.25, 0.3) is 0 Å². The minimum absolute atomic E-state index is 0.216. The lowest BCUT2D eigenvalue weighted by Gasteiger charge is -2.13. The second kappa shape index (κ2) is 8.63. The van der Waals surface area contributed by atoms with Crippen LogP contribution in [0, 0.1) is 6.92 Å². The molecule has 0 atom stereocenters. The Morgan fingerprint density at radius 1 is 1.19 bits per heavy atom. The summed E-state index contributed by atoms with van der Waals surface area (Å²) >= 11 is 4.66. The first-order valence-electron chi connectivity index (χ1n) is 8.55. The molecule has 3 rings (SSSR count). The van der Waals surface area contributed by atoms with E-state index in [0.717, 1.165) is 21.3 Å². The summed E-state index contributed by atoms with van der Waals surface area (Å²) in [7, 11) is 0. The van der Waals surface area contributed by atoms with Crippen molar-refractivity contribution in [1.82, 2.24) is 10.2 Å². The molecule has 27 heavy (non-hydrogen) atoms. The summed E-state index contributed by atoms with van der Waals surface area (Å²) in [5, 5.41) is 12.1. The van der Waals surface area contributed by atoms with Gasteiger partial charge < -0.3 is 4.74 Å². The number of ether oxygens (including phenoxy) is 1. The molecule has 1 aromatic heterocycles. The highest BCUT2D eigenvalue weighted by Crippen LogP contribution is 2.28. The van der Waals surface area contributed by atoms with Crippen molar-refractivity contribution >= 4 is 38.3 Å². The summed E-state index contributed by atoms with van der Waals surface area (Å²) in [6.45, 7) is 6.63. The standard InChI is InChI=1S/C20H20BrN3O2S/c1-12(2)16-9-4-13(3)10-17(16)26-11-18-23-24-20(27-18)22-19(25)14-5-7-15(21)8-6-14/h4-10,12H,11H2,1-3H3,(H,22,24,25). The highest BCUT2D eigenvalue weighted by atomic mass is 79.9. The van der Waals surface area contributed by atoms with Gasteiger partial charge in [0.15, 0.2) is 5.01 Å². The van der Waals surface area contributed by atoms with Crippen molar-refractivity contribution in [3.63, 3.8) is 0 Å². The minimum atomic E-state index is -0.216. The molecular formula is C20H20BrN3O2S. The number of anilines is 1. The molecule has 0 saturated heterocycles. The number of nitrogens with zero attached hydrogens (tertiary/aromatic N) is 2. The maximum absolute atomic E-state index is 12.3. The molecule has 7 heteroatoms. The Bertz CT molecular complexity index is 939. The average Bonchev–Trinajstić information content (AvgIpc) is 3.07. The summed E-state index contributed by atoms with van der Waals surface area (Å²) in [5.74, 6) is 1.02. The van der Waals surface area contributed by atoms with Crippen molar-refractivity contribution in [2.45, 2.75) is 33.3 Å². The van der Waals surface area contributed by atoms with E-state index in [1.807, 2.05) is 25.1 Å². The number of hydrogen-bond acceptors (Lipinski definition) is 5. The van der Waals surface area contributed by atoms with Crippen molar-refractivity contribution in [1.29, 1.82) is 0 Å². The van der Waals surface area contributed by atoms with Gasteiger partial charge in [0, 0.05) is 10.0 Å². The molecule has 1 heterocycles. The lowest BCUT2D eigenvalue weighted by molar-refractivity contribution is 0.102. The molecular weight excluding hydrogens is 426 g/mol. The van der Waals surface area contributed by atoms with Crippen LogP contribution >= 0.6 is 27.3 Å². The van der Waals surface area contributed by atoms with Crippen molar-refractivity contribution in [3.8, 4) is 5.75 Å². The number of halogens is 1. The van der Waals surface area contributed by atoms with Crippen LogP contribution in [0.3, 0.4) is 0 Å². The first-order valence-corrected chi connectivity index (χ1v) is 10.2. The van der Waals surface area contributed by atoms with Gasteiger partial charge >= 0.3 is 0 Å². The third-order valence-corrected chi connectivity index (χ3v) is 5.28. The zero-order valence-electron chi connectivity index (χ0n) is 15.3. The Hall–Kier alpha value is -2.25. The number of carbonyl (C=O) groups excluding carboxylic acids is 1. The van der Waals surface area contributed by atoms with Crippen LogP contribution in [0.4, 0.5) is 5.13 Å². The van der Waals surface area contributed by atoms with Gasteiger partial charge in [-0.25, -0.2) is 0 Å². The van der Waals surface area contributed by atoms with Gasteiger partial charge in [0.05, 0.1) is 0 Å². The summed E-state index contributed by atoms with van der Waals surface area (Å²) in [6.07, 6.45) is 0. The number of hydrogen-bond donors (Lipinski definition) is 1. The van der Waals surface area contributed by atoms with E-state index in [2.05, 4.69) is 57.4 Å². The maximum Gasteiger partial charge on any atom is 0.257 e. The smallest absolute Gasteiger partial charge is 0.257 e. The molecule has 0 radical (unpaired) electrons. The number of aryl methyl sites for hydroxylation is 1. The van der Waals surface area contributed by atoms with E-state index >= 15 is 0 Å². The topological polar surface area (TPSA) is 64.1 Å². The zero-order chi connectivity index (χ0) is 19.4. The highest BCUT2D eigenvalue weighted by Gasteiger charge is 2.12. The molecule has 0 fully saturated rings. The van der Waals surface area contributed by atoms with E-state index in [1.165, 1.54) is 11.3 Å². The molecule has 0 aliphatic rings. The summed E-state index contributed by atoms with van der Waals surface area (Å²) in [4.78, 5) is 12.3. The summed E-state index contributed by atoms with van der Waals surface area (Å²) < 4.78 is 6.89. The molecule has 3 aromatic rings. The van der Waals surface area contributed by atoms with Crippen molar-refractivity contribution in [2.24, 2.45) is 0 Å². The Balaban J connectivity index is 1.64. The molecule has 0 spiro atoms. The van der Waals surface area contributed by atoms with E-state index < -0.39 is 0 Å². The van der Waals surface area contributed by atoms with Crippen LogP contribution in [0.2, 0.25) is 0 Å². The Morgan fingerprint density at radius 2 is 1.93 bits per heavy atom. The molecule has 1 amide bonds. The summed E-state index contributed by atoms with van der Waals surface area (Å²) in [6, 6.07) is 13.4. The monoisotopic (exact) mass is 445 g/mol. The van der Waals surface area contributed by atoms with Crippen LogP contribution in [0.1, 0.15) is 46.3 Å². The predicted molar refractivity (Wildman–Crippen MR) is 112 cm³/mol. The van der Waals surface area contributed by atoms with Crippen molar-refractivity contribution in [2.75, 3.05) is 5.32 Å². The average molecular weight is 446 g/mol. The van der Waals surface area contributed by atoms with Crippen LogP contribution in [0.15, 0.2) is 46.9 Å². The van der Waals surface area contributed by atoms with Gasteiger partial charge in [-0.2, -0.15) is 0 Å². The number of nitrogens with one attached hydrogen (secondary N) is 1. The molecule has 0 aliphatic carbocycles. The fraction of sp³-hybridized carbons (Fsp3) is 0.250. The predicted octanol–water partition coefficient (Wildman–Crippen LogP) is 5.56. The van der Waals surface area contributed by atoms with Gasteiger partial charge in [-0.15, -0.1) is 10.2 Å². The fourth-order valence-electron chi connectivity index (χ4n) is 2.52. The maximum atomic E-state index is 12.3. The second-order valence-electron chi connectivity index (χ2n) is 6.45. The van der Waals surface area contributed by atoms with E-state index in [4.69, 9.17) is 4.74 Å². The number of amides is 1. The quantitative estimate of drug-likeness (QED) is 0.538. The molecule has 0 bridgehead atoms. The number of benzene rings is 2. The first-order chi connectivity index (χ1) is 12.9. The highest BCUT2D eigenvalue weighted by molar-refractivity contribution is 9.10. The third kappa shape index (κ3) is 5.14. The van der Waals surface area contributed by atoms with Crippen LogP contribution in [-0.4, -0.2) is 16.1 Å². The van der Waals surface area contributed by atoms with Gasteiger partial charge in [0.2, 0.25) is 5.13 Å². The van der Waals surface area contributed by atoms with Gasteiger partial charge in [-0.05, 0) is 54.3 Å². The molecule has 5 nitrogen and oxygen atoms in total. The molecule has 2 aromatic carbocycles. The van der Waals surface area contributed by atoms with Crippen LogP contribution in [0.5, 0.6) is 5.75 Å². The Kier molecular flexibility index (Phi) is 6.23. The fourth-order valence-corrected chi connectivity index (χ4v) is 3.43. The molecule has 140 valence electrons. The summed E-state index contributed by atoms with van der Waals surface area (Å²) in [5.41, 5.74) is 2.87. The first kappa shape index (κ1) is 19.5. The van der Waals surface area contributed by atoms with Crippen LogP contribution < -0.4 is 10.1 Å². The molecule has 0 aliphatic heterocycles. The van der Waals surface area contributed by atoms with E-state index in [1.54, 1.807) is 12.1 Å². The third-order valence-electron chi connectivity index (χ3n) is 3.94. The number of carbonyl (C=O) groups is 1. The normalized spacial score (nSPS) is 10.9. The van der Waals surface area contributed by atoms with Crippen LogP contribution in [-0.2, 0) is 6.61 Å². The lowest BCUT2D eigenvalue weighted by Crippen LogP contribution is -2.11. The van der Waals surface area contributed by atoms with Crippen molar-refractivity contribution in [3.05, 3.63) is 68.6 Å². The van der Waals surface area contributed by atoms with Gasteiger partial charge in [0.25, 0.3) is 5.91 Å².